The SMILES string of the molecule is Cc1ccc(OC(C)C(=O)NCCC(C)C)c(Br)c1. The molecule has 0 aromatic heterocycles. The molecule has 0 heterocycles. The van der Waals surface area contributed by atoms with Gasteiger partial charge in [-0.1, -0.05) is 19.9 Å². The molecule has 1 rings (SSSR count). The van der Waals surface area contributed by atoms with Crippen LogP contribution in [0.1, 0.15) is 32.8 Å². The van der Waals surface area contributed by atoms with Crippen molar-refractivity contribution in [3.8, 4) is 5.75 Å². The predicted octanol–water partition coefficient (Wildman–Crippen LogP) is 3.69. The molecule has 1 atom stereocenters. The van der Waals surface area contributed by atoms with Crippen LogP contribution in [-0.4, -0.2) is 18.6 Å². The van der Waals surface area contributed by atoms with Crippen LogP contribution >= 0.6 is 15.9 Å². The fourth-order valence-corrected chi connectivity index (χ4v) is 2.16. The number of amides is 1. The molecule has 3 nitrogen and oxygen atoms in total. The molecular formula is C15H22BrNO2. The van der Waals surface area contributed by atoms with Crippen LogP contribution < -0.4 is 10.1 Å². The Labute approximate surface area is 123 Å². The maximum atomic E-state index is 11.9. The van der Waals surface area contributed by atoms with Crippen molar-refractivity contribution in [1.82, 2.24) is 5.32 Å². The summed E-state index contributed by atoms with van der Waals surface area (Å²) >= 11 is 3.44. The highest BCUT2D eigenvalue weighted by atomic mass is 79.9. The fourth-order valence-electron chi connectivity index (χ4n) is 1.57. The van der Waals surface area contributed by atoms with Gasteiger partial charge in [-0.15, -0.1) is 0 Å². The van der Waals surface area contributed by atoms with Crippen molar-refractivity contribution >= 4 is 21.8 Å². The number of carbonyl (C=O) groups is 1. The first-order valence-electron chi connectivity index (χ1n) is 6.60. The van der Waals surface area contributed by atoms with Crippen LogP contribution in [0.25, 0.3) is 0 Å². The van der Waals surface area contributed by atoms with Crippen molar-refractivity contribution in [3.05, 3.63) is 28.2 Å². The molecule has 1 aromatic carbocycles. The number of hydrogen-bond donors (Lipinski definition) is 1. The van der Waals surface area contributed by atoms with Crippen LogP contribution in [0, 0.1) is 12.8 Å². The summed E-state index contributed by atoms with van der Waals surface area (Å²) in [5.41, 5.74) is 1.15. The first kappa shape index (κ1) is 16.0. The van der Waals surface area contributed by atoms with E-state index in [0.29, 0.717) is 18.2 Å². The largest absolute Gasteiger partial charge is 0.480 e. The number of benzene rings is 1. The van der Waals surface area contributed by atoms with E-state index in [-0.39, 0.29) is 5.91 Å². The molecule has 0 spiro atoms. The van der Waals surface area contributed by atoms with Crippen LogP contribution in [0.5, 0.6) is 5.75 Å². The predicted molar refractivity (Wildman–Crippen MR) is 81.4 cm³/mol. The van der Waals surface area contributed by atoms with E-state index < -0.39 is 6.10 Å². The zero-order valence-corrected chi connectivity index (χ0v) is 13.6. The lowest BCUT2D eigenvalue weighted by Crippen LogP contribution is -2.37. The number of halogens is 1. The molecular weight excluding hydrogens is 306 g/mol. The Balaban J connectivity index is 2.49. The quantitative estimate of drug-likeness (QED) is 0.865. The van der Waals surface area contributed by atoms with Crippen LogP contribution in [0.3, 0.4) is 0 Å². The Bertz CT molecular complexity index is 432. The third-order valence-corrected chi connectivity index (χ3v) is 3.40. The van der Waals surface area contributed by atoms with Gasteiger partial charge in [0, 0.05) is 6.54 Å². The standard InChI is InChI=1S/C15H22BrNO2/c1-10(2)7-8-17-15(18)12(4)19-14-6-5-11(3)9-13(14)16/h5-6,9-10,12H,7-8H2,1-4H3,(H,17,18). The number of aryl methyl sites for hydroxylation is 1. The molecule has 1 aromatic rings. The average molecular weight is 328 g/mol. The van der Waals surface area contributed by atoms with Gasteiger partial charge in [-0.25, -0.2) is 0 Å². The highest BCUT2D eigenvalue weighted by Crippen LogP contribution is 2.26. The van der Waals surface area contributed by atoms with Crippen molar-refractivity contribution < 1.29 is 9.53 Å². The van der Waals surface area contributed by atoms with Gasteiger partial charge in [0.05, 0.1) is 4.47 Å². The molecule has 0 radical (unpaired) electrons. The van der Waals surface area contributed by atoms with E-state index in [0.717, 1.165) is 16.5 Å². The maximum absolute atomic E-state index is 11.9. The summed E-state index contributed by atoms with van der Waals surface area (Å²) in [6.07, 6.45) is 0.485. The zero-order valence-electron chi connectivity index (χ0n) is 12.0. The van der Waals surface area contributed by atoms with Crippen molar-refractivity contribution in [3.63, 3.8) is 0 Å². The number of ether oxygens (including phenoxy) is 1. The second kappa shape index (κ2) is 7.53. The lowest BCUT2D eigenvalue weighted by atomic mass is 10.1. The van der Waals surface area contributed by atoms with Crippen LogP contribution in [0.15, 0.2) is 22.7 Å². The summed E-state index contributed by atoms with van der Waals surface area (Å²) in [6.45, 7) is 8.73. The highest BCUT2D eigenvalue weighted by Gasteiger charge is 2.15. The summed E-state index contributed by atoms with van der Waals surface area (Å²) in [5.74, 6) is 1.20. The number of carbonyl (C=O) groups excluding carboxylic acids is 1. The van der Waals surface area contributed by atoms with Crippen molar-refractivity contribution in [2.75, 3.05) is 6.54 Å². The molecule has 1 unspecified atom stereocenters. The summed E-state index contributed by atoms with van der Waals surface area (Å²) in [5, 5.41) is 2.89. The molecule has 0 saturated heterocycles. The van der Waals surface area contributed by atoms with Crippen molar-refractivity contribution in [2.45, 2.75) is 40.2 Å². The summed E-state index contributed by atoms with van der Waals surface area (Å²) < 4.78 is 6.53. The molecule has 106 valence electrons. The molecule has 0 bridgehead atoms. The van der Waals surface area contributed by atoms with E-state index in [1.165, 1.54) is 0 Å². The topological polar surface area (TPSA) is 38.3 Å². The molecule has 0 aliphatic carbocycles. The molecule has 19 heavy (non-hydrogen) atoms. The molecule has 0 saturated carbocycles. The zero-order chi connectivity index (χ0) is 14.4. The van der Waals surface area contributed by atoms with Gasteiger partial charge in [-0.2, -0.15) is 0 Å². The minimum atomic E-state index is -0.494. The number of rotatable bonds is 6. The van der Waals surface area contributed by atoms with Gasteiger partial charge >= 0.3 is 0 Å². The molecule has 0 aliphatic rings. The summed E-state index contributed by atoms with van der Waals surface area (Å²) in [7, 11) is 0. The molecule has 1 N–H and O–H groups in total. The summed E-state index contributed by atoms with van der Waals surface area (Å²) in [4.78, 5) is 11.9. The minimum absolute atomic E-state index is 0.0758. The number of hydrogen-bond acceptors (Lipinski definition) is 2. The third kappa shape index (κ3) is 5.64. The van der Waals surface area contributed by atoms with Gasteiger partial charge in [0.1, 0.15) is 5.75 Å². The van der Waals surface area contributed by atoms with E-state index in [9.17, 15) is 4.79 Å². The van der Waals surface area contributed by atoms with Gasteiger partial charge in [-0.05, 0) is 59.8 Å². The first-order valence-corrected chi connectivity index (χ1v) is 7.40. The van der Waals surface area contributed by atoms with E-state index in [2.05, 4.69) is 35.1 Å². The molecule has 0 aliphatic heterocycles. The van der Waals surface area contributed by atoms with Crippen LogP contribution in [0.4, 0.5) is 0 Å². The van der Waals surface area contributed by atoms with Crippen molar-refractivity contribution in [1.29, 1.82) is 0 Å². The Morgan fingerprint density at radius 2 is 2.05 bits per heavy atom. The summed E-state index contributed by atoms with van der Waals surface area (Å²) in [6, 6.07) is 5.81. The Kier molecular flexibility index (Phi) is 6.35. The first-order chi connectivity index (χ1) is 8.90. The Hall–Kier alpha value is -1.03. The Morgan fingerprint density at radius 1 is 1.37 bits per heavy atom. The smallest absolute Gasteiger partial charge is 0.260 e. The van der Waals surface area contributed by atoms with E-state index in [1.54, 1.807) is 6.92 Å². The monoisotopic (exact) mass is 327 g/mol. The van der Waals surface area contributed by atoms with E-state index in [1.807, 2.05) is 25.1 Å². The van der Waals surface area contributed by atoms with Gasteiger partial charge < -0.3 is 10.1 Å². The normalized spacial score (nSPS) is 12.3. The van der Waals surface area contributed by atoms with E-state index in [4.69, 9.17) is 4.74 Å². The number of nitrogens with one attached hydrogen (secondary N) is 1. The highest BCUT2D eigenvalue weighted by molar-refractivity contribution is 9.10. The van der Waals surface area contributed by atoms with Gasteiger partial charge in [0.25, 0.3) is 5.91 Å². The van der Waals surface area contributed by atoms with Crippen LogP contribution in [-0.2, 0) is 4.79 Å². The second-order valence-electron chi connectivity index (χ2n) is 5.17. The average Bonchev–Trinajstić information content (AvgIpc) is 2.32. The second-order valence-corrected chi connectivity index (χ2v) is 6.02. The van der Waals surface area contributed by atoms with Gasteiger partial charge in [-0.3, -0.25) is 4.79 Å². The fraction of sp³-hybridized carbons (Fsp3) is 0.533. The van der Waals surface area contributed by atoms with Gasteiger partial charge in [0.15, 0.2) is 6.10 Å². The Morgan fingerprint density at radius 3 is 2.63 bits per heavy atom. The van der Waals surface area contributed by atoms with E-state index >= 15 is 0 Å². The molecule has 0 fully saturated rings. The molecule has 1 amide bonds. The van der Waals surface area contributed by atoms with Crippen molar-refractivity contribution in [2.24, 2.45) is 5.92 Å². The third-order valence-electron chi connectivity index (χ3n) is 2.78. The minimum Gasteiger partial charge on any atom is -0.480 e. The maximum Gasteiger partial charge on any atom is 0.260 e. The lowest BCUT2D eigenvalue weighted by molar-refractivity contribution is -0.127. The lowest BCUT2D eigenvalue weighted by Gasteiger charge is -2.16. The molecule has 4 heteroatoms. The van der Waals surface area contributed by atoms with Gasteiger partial charge in [0.2, 0.25) is 0 Å². The van der Waals surface area contributed by atoms with Crippen LogP contribution in [0.2, 0.25) is 0 Å².